The van der Waals surface area contributed by atoms with Crippen molar-refractivity contribution in [3.63, 3.8) is 0 Å². The predicted octanol–water partition coefficient (Wildman–Crippen LogP) is 1.29. The molecule has 0 aromatic heterocycles. The molecule has 102 valence electrons. The molecule has 0 aromatic carbocycles. The number of aliphatic hydroxyl groups excluding tert-OH is 1. The van der Waals surface area contributed by atoms with Crippen molar-refractivity contribution in [3.05, 3.63) is 0 Å². The highest BCUT2D eigenvalue weighted by atomic mass is 16.3. The highest BCUT2D eigenvalue weighted by Gasteiger charge is 2.20. The minimum absolute atomic E-state index is 0.0622. The molecule has 0 saturated heterocycles. The predicted molar refractivity (Wildman–Crippen MR) is 70.9 cm³/mol. The van der Waals surface area contributed by atoms with Gasteiger partial charge in [0.2, 0.25) is 5.91 Å². The van der Waals surface area contributed by atoms with E-state index in [9.17, 15) is 9.90 Å². The third-order valence-corrected chi connectivity index (χ3v) is 2.83. The fourth-order valence-corrected chi connectivity index (χ4v) is 1.37. The van der Waals surface area contributed by atoms with Crippen LogP contribution in [0.15, 0.2) is 0 Å². The molecule has 0 aromatic rings. The summed E-state index contributed by atoms with van der Waals surface area (Å²) in [6.07, 6.45) is 1.40. The van der Waals surface area contributed by atoms with Gasteiger partial charge in [0, 0.05) is 37.1 Å². The summed E-state index contributed by atoms with van der Waals surface area (Å²) < 4.78 is 0. The number of hydrogen-bond acceptors (Lipinski definition) is 3. The van der Waals surface area contributed by atoms with Crippen LogP contribution in [0.2, 0.25) is 0 Å². The topological polar surface area (TPSA) is 61.4 Å². The largest absolute Gasteiger partial charge is 0.396 e. The molecule has 3 N–H and O–H groups in total. The van der Waals surface area contributed by atoms with E-state index in [1.807, 2.05) is 27.7 Å². The van der Waals surface area contributed by atoms with Gasteiger partial charge in [-0.05, 0) is 27.2 Å². The maximum atomic E-state index is 11.5. The fourth-order valence-electron chi connectivity index (χ4n) is 1.37. The van der Waals surface area contributed by atoms with Crippen LogP contribution in [0.3, 0.4) is 0 Å². The Morgan fingerprint density at radius 3 is 2.24 bits per heavy atom. The Bertz CT molecular complexity index is 230. The Morgan fingerprint density at radius 2 is 1.82 bits per heavy atom. The van der Waals surface area contributed by atoms with E-state index in [2.05, 4.69) is 17.6 Å². The molecule has 0 radical (unpaired) electrons. The summed E-state index contributed by atoms with van der Waals surface area (Å²) in [5, 5.41) is 15.4. The van der Waals surface area contributed by atoms with Crippen LogP contribution in [0, 0.1) is 5.41 Å². The molecule has 0 fully saturated rings. The maximum Gasteiger partial charge on any atom is 0.221 e. The molecule has 1 amide bonds. The zero-order valence-electron chi connectivity index (χ0n) is 11.9. The van der Waals surface area contributed by atoms with Crippen molar-refractivity contribution in [1.82, 2.24) is 10.6 Å². The summed E-state index contributed by atoms with van der Waals surface area (Å²) in [5.74, 6) is 0.0622. The molecule has 1 unspecified atom stereocenters. The number of hydrogen-bond donors (Lipinski definition) is 3. The van der Waals surface area contributed by atoms with Crippen molar-refractivity contribution in [2.24, 2.45) is 5.41 Å². The van der Waals surface area contributed by atoms with Gasteiger partial charge in [-0.3, -0.25) is 4.79 Å². The molecular weight excluding hydrogens is 216 g/mol. The standard InChI is InChI=1S/C13H28N2O2/c1-6-13(5,10-16)9-14-8-7-11(17)15-12(2,3)4/h14,16H,6-10H2,1-5H3,(H,15,17). The van der Waals surface area contributed by atoms with Crippen LogP contribution < -0.4 is 10.6 Å². The normalized spacial score (nSPS) is 15.4. The summed E-state index contributed by atoms with van der Waals surface area (Å²) in [6.45, 7) is 11.6. The van der Waals surface area contributed by atoms with Gasteiger partial charge >= 0.3 is 0 Å². The zero-order valence-corrected chi connectivity index (χ0v) is 11.9. The SMILES string of the molecule is CCC(C)(CO)CNCCC(=O)NC(C)(C)C. The van der Waals surface area contributed by atoms with Gasteiger partial charge in [0.25, 0.3) is 0 Å². The van der Waals surface area contributed by atoms with E-state index in [4.69, 9.17) is 0 Å². The van der Waals surface area contributed by atoms with E-state index in [1.165, 1.54) is 0 Å². The second kappa shape index (κ2) is 6.97. The molecule has 0 bridgehead atoms. The van der Waals surface area contributed by atoms with Gasteiger partial charge in [0.05, 0.1) is 0 Å². The molecule has 17 heavy (non-hydrogen) atoms. The number of amides is 1. The van der Waals surface area contributed by atoms with E-state index < -0.39 is 0 Å². The smallest absolute Gasteiger partial charge is 0.221 e. The van der Waals surface area contributed by atoms with Gasteiger partial charge in [-0.25, -0.2) is 0 Å². The lowest BCUT2D eigenvalue weighted by Gasteiger charge is -2.26. The van der Waals surface area contributed by atoms with Gasteiger partial charge in [0.1, 0.15) is 0 Å². The lowest BCUT2D eigenvalue weighted by Crippen LogP contribution is -2.42. The molecule has 0 aliphatic carbocycles. The monoisotopic (exact) mass is 244 g/mol. The van der Waals surface area contributed by atoms with Crippen molar-refractivity contribution >= 4 is 5.91 Å². The molecule has 0 rings (SSSR count). The van der Waals surface area contributed by atoms with Crippen molar-refractivity contribution < 1.29 is 9.90 Å². The Kier molecular flexibility index (Phi) is 6.72. The Labute approximate surface area is 105 Å². The molecule has 0 aliphatic heterocycles. The first-order valence-electron chi connectivity index (χ1n) is 6.35. The zero-order chi connectivity index (χ0) is 13.5. The Morgan fingerprint density at radius 1 is 1.24 bits per heavy atom. The third kappa shape index (κ3) is 8.16. The van der Waals surface area contributed by atoms with E-state index in [0.29, 0.717) is 13.0 Å². The third-order valence-electron chi connectivity index (χ3n) is 2.83. The summed E-state index contributed by atoms with van der Waals surface area (Å²) in [7, 11) is 0. The highest BCUT2D eigenvalue weighted by Crippen LogP contribution is 2.18. The van der Waals surface area contributed by atoms with Crippen LogP contribution in [0.25, 0.3) is 0 Å². The summed E-state index contributed by atoms with van der Waals surface area (Å²) >= 11 is 0. The number of carbonyl (C=O) groups excluding carboxylic acids is 1. The minimum atomic E-state index is -0.167. The molecule has 4 heteroatoms. The Balaban J connectivity index is 3.75. The molecule has 4 nitrogen and oxygen atoms in total. The number of rotatable bonds is 7. The lowest BCUT2D eigenvalue weighted by atomic mass is 9.89. The lowest BCUT2D eigenvalue weighted by molar-refractivity contribution is -0.122. The van der Waals surface area contributed by atoms with Gasteiger partial charge in [-0.1, -0.05) is 13.8 Å². The van der Waals surface area contributed by atoms with Crippen LogP contribution in [0.1, 0.15) is 47.5 Å². The number of nitrogens with one attached hydrogen (secondary N) is 2. The van der Waals surface area contributed by atoms with Crippen LogP contribution in [0.5, 0.6) is 0 Å². The first-order chi connectivity index (χ1) is 7.72. The van der Waals surface area contributed by atoms with E-state index in [1.54, 1.807) is 0 Å². The first-order valence-corrected chi connectivity index (χ1v) is 6.35. The van der Waals surface area contributed by atoms with Crippen LogP contribution in [-0.2, 0) is 4.79 Å². The van der Waals surface area contributed by atoms with Gasteiger partial charge in [-0.2, -0.15) is 0 Å². The van der Waals surface area contributed by atoms with Crippen molar-refractivity contribution in [2.75, 3.05) is 19.7 Å². The average Bonchev–Trinajstić information content (AvgIpc) is 2.21. The first kappa shape index (κ1) is 16.4. The van der Waals surface area contributed by atoms with Gasteiger partial charge < -0.3 is 15.7 Å². The molecule has 0 aliphatic rings. The Hall–Kier alpha value is -0.610. The molecule has 0 heterocycles. The minimum Gasteiger partial charge on any atom is -0.396 e. The van der Waals surface area contributed by atoms with Gasteiger partial charge in [0.15, 0.2) is 0 Å². The van der Waals surface area contributed by atoms with Crippen LogP contribution in [-0.4, -0.2) is 36.2 Å². The second-order valence-electron chi connectivity index (χ2n) is 6.05. The molecular formula is C13H28N2O2. The highest BCUT2D eigenvalue weighted by molar-refractivity contribution is 5.76. The second-order valence-corrected chi connectivity index (χ2v) is 6.05. The van der Waals surface area contributed by atoms with Gasteiger partial charge in [-0.15, -0.1) is 0 Å². The average molecular weight is 244 g/mol. The van der Waals surface area contributed by atoms with E-state index in [-0.39, 0.29) is 23.5 Å². The maximum absolute atomic E-state index is 11.5. The van der Waals surface area contributed by atoms with E-state index >= 15 is 0 Å². The number of aliphatic hydroxyl groups is 1. The number of carbonyl (C=O) groups is 1. The summed E-state index contributed by atoms with van der Waals surface area (Å²) in [4.78, 5) is 11.5. The molecule has 0 spiro atoms. The van der Waals surface area contributed by atoms with Crippen LogP contribution in [0.4, 0.5) is 0 Å². The van der Waals surface area contributed by atoms with Crippen molar-refractivity contribution in [1.29, 1.82) is 0 Å². The quantitative estimate of drug-likeness (QED) is 0.591. The van der Waals surface area contributed by atoms with Crippen molar-refractivity contribution in [3.8, 4) is 0 Å². The molecule has 0 saturated carbocycles. The van der Waals surface area contributed by atoms with Crippen molar-refractivity contribution in [2.45, 2.75) is 53.0 Å². The van der Waals surface area contributed by atoms with Crippen LogP contribution >= 0.6 is 0 Å². The van der Waals surface area contributed by atoms with E-state index in [0.717, 1.165) is 13.0 Å². The fraction of sp³-hybridized carbons (Fsp3) is 0.923. The summed E-state index contributed by atoms with van der Waals surface area (Å²) in [6, 6.07) is 0. The summed E-state index contributed by atoms with van der Waals surface area (Å²) in [5.41, 5.74) is -0.249. The molecule has 1 atom stereocenters.